The van der Waals surface area contributed by atoms with Gasteiger partial charge in [0, 0.05) is 28.9 Å². The molecule has 154 valence electrons. The summed E-state index contributed by atoms with van der Waals surface area (Å²) in [6, 6.07) is 12.3. The Hall–Kier alpha value is -2.91. The third-order valence-corrected chi connectivity index (χ3v) is 6.48. The van der Waals surface area contributed by atoms with Crippen molar-refractivity contribution in [1.29, 1.82) is 5.26 Å². The Morgan fingerprint density at radius 1 is 1.30 bits per heavy atom. The fourth-order valence-electron chi connectivity index (χ4n) is 4.42. The van der Waals surface area contributed by atoms with Crippen molar-refractivity contribution in [2.45, 2.75) is 51.0 Å². The Kier molecular flexibility index (Phi) is 5.48. The van der Waals surface area contributed by atoms with Gasteiger partial charge in [-0.15, -0.1) is 0 Å². The molecule has 0 fully saturated rings. The Morgan fingerprint density at radius 2 is 2.10 bits per heavy atom. The van der Waals surface area contributed by atoms with Gasteiger partial charge in [0.05, 0.1) is 17.6 Å². The first-order valence-electron chi connectivity index (χ1n) is 10.2. The number of carbonyl (C=O) groups is 1. The van der Waals surface area contributed by atoms with Gasteiger partial charge in [-0.2, -0.15) is 5.26 Å². The van der Waals surface area contributed by atoms with Gasteiger partial charge in [-0.25, -0.2) is 0 Å². The molecule has 30 heavy (non-hydrogen) atoms. The minimum Gasteiger partial charge on any atom is -0.455 e. The zero-order valence-corrected chi connectivity index (χ0v) is 18.3. The molecule has 4 rings (SSSR count). The SMILES string of the molecule is CCSc1oc(C)cc1C1C(C#N)=C(N)N(c2cccc(C)c2)C2=C1C(=O)CCC2. The molecule has 0 amide bonds. The Balaban J connectivity index is 1.98. The average Bonchev–Trinajstić information content (AvgIpc) is 3.07. The quantitative estimate of drug-likeness (QED) is 0.676. The van der Waals surface area contributed by atoms with Gasteiger partial charge in [0.2, 0.25) is 0 Å². The molecule has 0 saturated carbocycles. The first-order valence-corrected chi connectivity index (χ1v) is 11.2. The van der Waals surface area contributed by atoms with Gasteiger partial charge in [-0.1, -0.05) is 30.8 Å². The van der Waals surface area contributed by atoms with Crippen LogP contribution in [0, 0.1) is 25.2 Å². The van der Waals surface area contributed by atoms with Crippen LogP contribution in [0.15, 0.2) is 62.5 Å². The number of thioether (sulfide) groups is 1. The monoisotopic (exact) mass is 419 g/mol. The third kappa shape index (κ3) is 3.33. The molecule has 1 aliphatic carbocycles. The highest BCUT2D eigenvalue weighted by molar-refractivity contribution is 7.99. The number of nitrogens with two attached hydrogens (primary N) is 1. The molecule has 1 unspecified atom stereocenters. The lowest BCUT2D eigenvalue weighted by atomic mass is 9.76. The van der Waals surface area contributed by atoms with Crippen LogP contribution in [-0.2, 0) is 4.79 Å². The highest BCUT2D eigenvalue weighted by Crippen LogP contribution is 2.48. The van der Waals surface area contributed by atoms with Crippen LogP contribution in [-0.4, -0.2) is 11.5 Å². The lowest BCUT2D eigenvalue weighted by molar-refractivity contribution is -0.116. The van der Waals surface area contributed by atoms with E-state index in [1.807, 2.05) is 49.1 Å². The van der Waals surface area contributed by atoms with Crippen LogP contribution in [0.25, 0.3) is 0 Å². The maximum absolute atomic E-state index is 13.2. The molecule has 2 heterocycles. The minimum atomic E-state index is -0.481. The largest absolute Gasteiger partial charge is 0.455 e. The molecule has 1 aliphatic heterocycles. The number of carbonyl (C=O) groups excluding carboxylic acids is 1. The topological polar surface area (TPSA) is 83.3 Å². The van der Waals surface area contributed by atoms with E-state index < -0.39 is 5.92 Å². The lowest BCUT2D eigenvalue weighted by Crippen LogP contribution is -2.38. The van der Waals surface area contributed by atoms with Crippen LogP contribution in [0.4, 0.5) is 5.69 Å². The summed E-state index contributed by atoms with van der Waals surface area (Å²) in [4.78, 5) is 15.1. The number of Topliss-reactive ketones (excluding diaryl/α,β-unsaturated/α-hetero) is 1. The highest BCUT2D eigenvalue weighted by atomic mass is 32.2. The van der Waals surface area contributed by atoms with E-state index in [4.69, 9.17) is 10.2 Å². The van der Waals surface area contributed by atoms with Crippen molar-refractivity contribution >= 4 is 23.2 Å². The average molecular weight is 420 g/mol. The van der Waals surface area contributed by atoms with Crippen molar-refractivity contribution < 1.29 is 9.21 Å². The number of benzene rings is 1. The van der Waals surface area contributed by atoms with Crippen LogP contribution in [0.1, 0.15) is 49.0 Å². The van der Waals surface area contributed by atoms with Crippen LogP contribution in [0.2, 0.25) is 0 Å². The van der Waals surface area contributed by atoms with E-state index in [-0.39, 0.29) is 5.78 Å². The maximum Gasteiger partial charge on any atom is 0.164 e. The summed E-state index contributed by atoms with van der Waals surface area (Å²) in [5.41, 5.74) is 11.5. The molecular formula is C24H25N3O2S. The summed E-state index contributed by atoms with van der Waals surface area (Å²) in [7, 11) is 0. The maximum atomic E-state index is 13.2. The normalized spacial score (nSPS) is 19.2. The summed E-state index contributed by atoms with van der Waals surface area (Å²) in [5, 5.41) is 10.9. The molecule has 1 aromatic carbocycles. The number of anilines is 1. The number of nitriles is 1. The summed E-state index contributed by atoms with van der Waals surface area (Å²) in [5.74, 6) is 1.61. The summed E-state index contributed by atoms with van der Waals surface area (Å²) in [6.45, 7) is 5.96. The molecule has 0 bridgehead atoms. The molecule has 0 radical (unpaired) electrons. The second kappa shape index (κ2) is 8.08. The van der Waals surface area contributed by atoms with E-state index in [9.17, 15) is 10.1 Å². The fourth-order valence-corrected chi connectivity index (χ4v) is 5.21. The van der Waals surface area contributed by atoms with E-state index in [1.54, 1.807) is 11.8 Å². The van der Waals surface area contributed by atoms with Gasteiger partial charge in [0.1, 0.15) is 11.6 Å². The predicted octanol–water partition coefficient (Wildman–Crippen LogP) is 5.31. The van der Waals surface area contributed by atoms with Crippen molar-refractivity contribution in [2.75, 3.05) is 10.7 Å². The molecule has 1 aromatic heterocycles. The first-order chi connectivity index (χ1) is 14.5. The lowest BCUT2D eigenvalue weighted by Gasteiger charge is -2.39. The van der Waals surface area contributed by atoms with Gasteiger partial charge >= 0.3 is 0 Å². The Morgan fingerprint density at radius 3 is 2.80 bits per heavy atom. The summed E-state index contributed by atoms with van der Waals surface area (Å²) in [6.07, 6.45) is 2.02. The van der Waals surface area contributed by atoms with Crippen LogP contribution in [0.5, 0.6) is 0 Å². The number of hydrogen-bond acceptors (Lipinski definition) is 6. The second-order valence-corrected chi connectivity index (χ2v) is 8.92. The van der Waals surface area contributed by atoms with E-state index >= 15 is 0 Å². The number of ketones is 1. The van der Waals surface area contributed by atoms with E-state index in [0.717, 1.165) is 52.0 Å². The van der Waals surface area contributed by atoms with Gasteiger partial charge < -0.3 is 10.2 Å². The fraction of sp³-hybridized carbons (Fsp3) is 0.333. The molecule has 2 aliphatic rings. The number of aryl methyl sites for hydroxylation is 2. The van der Waals surface area contributed by atoms with Crippen LogP contribution in [0.3, 0.4) is 0 Å². The molecular weight excluding hydrogens is 394 g/mol. The van der Waals surface area contributed by atoms with Crippen molar-refractivity contribution in [3.8, 4) is 6.07 Å². The second-order valence-electron chi connectivity index (χ2n) is 7.69. The first kappa shape index (κ1) is 20.4. The predicted molar refractivity (Wildman–Crippen MR) is 119 cm³/mol. The zero-order chi connectivity index (χ0) is 21.4. The summed E-state index contributed by atoms with van der Waals surface area (Å²) < 4.78 is 5.92. The van der Waals surface area contributed by atoms with Crippen molar-refractivity contribution in [1.82, 2.24) is 0 Å². The molecule has 0 saturated heterocycles. The molecule has 5 nitrogen and oxygen atoms in total. The Bertz CT molecular complexity index is 1120. The van der Waals surface area contributed by atoms with E-state index in [1.165, 1.54) is 0 Å². The van der Waals surface area contributed by atoms with Crippen LogP contribution < -0.4 is 10.6 Å². The van der Waals surface area contributed by atoms with Crippen molar-refractivity contribution in [2.24, 2.45) is 5.73 Å². The smallest absolute Gasteiger partial charge is 0.164 e. The Labute approximate surface area is 181 Å². The standard InChI is InChI=1S/C24H25N3O2S/c1-4-30-24-17(12-15(3)29-24)21-18(13-25)23(26)27(16-8-5-7-14(2)11-16)19-9-6-10-20(28)22(19)21/h5,7-8,11-12,21H,4,6,9-10,26H2,1-3H3. The molecule has 2 aromatic rings. The van der Waals surface area contributed by atoms with Crippen LogP contribution >= 0.6 is 11.8 Å². The van der Waals surface area contributed by atoms with Gasteiger partial charge in [-0.05, 0) is 56.2 Å². The zero-order valence-electron chi connectivity index (χ0n) is 17.5. The van der Waals surface area contributed by atoms with Crippen molar-refractivity contribution in [3.63, 3.8) is 0 Å². The minimum absolute atomic E-state index is 0.0884. The molecule has 0 spiro atoms. The van der Waals surface area contributed by atoms with E-state index in [2.05, 4.69) is 13.0 Å². The number of nitrogens with zero attached hydrogens (tertiary/aromatic N) is 2. The number of allylic oxidation sites excluding steroid dienone is 3. The highest BCUT2D eigenvalue weighted by Gasteiger charge is 2.41. The molecule has 6 heteroatoms. The van der Waals surface area contributed by atoms with Gasteiger partial charge in [0.15, 0.2) is 10.9 Å². The third-order valence-electron chi connectivity index (χ3n) is 5.61. The number of hydrogen-bond donors (Lipinski definition) is 1. The molecule has 1 atom stereocenters. The van der Waals surface area contributed by atoms with Crippen molar-refractivity contribution in [3.05, 3.63) is 69.9 Å². The van der Waals surface area contributed by atoms with Gasteiger partial charge in [-0.3, -0.25) is 9.69 Å². The number of rotatable bonds is 4. The number of furan rings is 1. The van der Waals surface area contributed by atoms with Gasteiger partial charge in [0.25, 0.3) is 0 Å². The van der Waals surface area contributed by atoms with E-state index in [0.29, 0.717) is 23.4 Å². The summed E-state index contributed by atoms with van der Waals surface area (Å²) >= 11 is 1.58. The molecule has 2 N–H and O–H groups in total.